The summed E-state index contributed by atoms with van der Waals surface area (Å²) in [6, 6.07) is 0. The second-order valence-corrected chi connectivity index (χ2v) is 5.19. The number of carboxylic acid groups (broad SMARTS) is 2. The average Bonchev–Trinajstić information content (AvgIpc) is 2.68. The molecule has 0 saturated carbocycles. The van der Waals surface area contributed by atoms with E-state index in [9.17, 15) is 63.7 Å². The maximum Gasteiger partial charge on any atom is 2.00 e. The molecule has 0 aliphatic carbocycles. The van der Waals surface area contributed by atoms with E-state index in [2.05, 4.69) is 0 Å². The van der Waals surface area contributed by atoms with Gasteiger partial charge in [0.05, 0.1) is 0 Å². The molecule has 0 heterocycles. The van der Waals surface area contributed by atoms with Gasteiger partial charge in [0.2, 0.25) is 11.6 Å². The molecule has 0 amide bonds. The van der Waals surface area contributed by atoms with Crippen molar-refractivity contribution < 1.29 is 63.7 Å². The Labute approximate surface area is 181 Å². The number of benzene rings is 2. The zero-order chi connectivity index (χ0) is 23.5. The Morgan fingerprint density at radius 1 is 0.452 bits per heavy atom. The molecule has 4 nitrogen and oxygen atoms in total. The SMILES string of the molecule is O=C([O-])Cc1c(F)c(F)c(F)c(F)c1F.O=C([O-])Cc1c(F)c(F)c(F)c(F)c1F.[Mg+2]. The summed E-state index contributed by atoms with van der Waals surface area (Å²) in [4.78, 5) is 20.0. The van der Waals surface area contributed by atoms with Gasteiger partial charge in [-0.25, -0.2) is 43.9 Å². The number of rotatable bonds is 4. The monoisotopic (exact) mass is 474 g/mol. The molecule has 0 aliphatic heterocycles. The topological polar surface area (TPSA) is 80.3 Å². The van der Waals surface area contributed by atoms with E-state index in [1.54, 1.807) is 0 Å². The molecular formula is C16H4F10MgO4. The van der Waals surface area contributed by atoms with Crippen molar-refractivity contribution in [3.05, 3.63) is 69.3 Å². The molecule has 0 spiro atoms. The van der Waals surface area contributed by atoms with Crippen LogP contribution in [0.3, 0.4) is 0 Å². The first-order valence-corrected chi connectivity index (χ1v) is 7.12. The van der Waals surface area contributed by atoms with Crippen LogP contribution in [-0.2, 0) is 22.4 Å². The summed E-state index contributed by atoms with van der Waals surface area (Å²) in [7, 11) is 0. The molecule has 2 aromatic rings. The zero-order valence-electron chi connectivity index (χ0n) is 14.5. The second kappa shape index (κ2) is 11.2. The van der Waals surface area contributed by atoms with E-state index < -0.39 is 94.1 Å². The average molecular weight is 474 g/mol. The predicted octanol–water partition coefficient (Wildman–Crippen LogP) is 0.968. The van der Waals surface area contributed by atoms with E-state index in [4.69, 9.17) is 0 Å². The molecule has 0 unspecified atom stereocenters. The quantitative estimate of drug-likeness (QED) is 0.286. The minimum Gasteiger partial charge on any atom is -0.550 e. The predicted molar refractivity (Wildman–Crippen MR) is 75.6 cm³/mol. The smallest absolute Gasteiger partial charge is 0.550 e. The molecule has 0 saturated heterocycles. The van der Waals surface area contributed by atoms with Crippen LogP contribution in [0.5, 0.6) is 0 Å². The maximum atomic E-state index is 12.8. The molecule has 0 bridgehead atoms. The minimum atomic E-state index is -2.33. The van der Waals surface area contributed by atoms with Crippen LogP contribution in [0, 0.1) is 58.2 Å². The molecule has 0 N–H and O–H groups in total. The van der Waals surface area contributed by atoms with Crippen LogP contribution < -0.4 is 10.2 Å². The van der Waals surface area contributed by atoms with Crippen molar-refractivity contribution >= 4 is 35.0 Å². The van der Waals surface area contributed by atoms with Crippen LogP contribution in [0.1, 0.15) is 11.1 Å². The van der Waals surface area contributed by atoms with E-state index in [-0.39, 0.29) is 23.1 Å². The first-order chi connectivity index (χ1) is 13.7. The summed E-state index contributed by atoms with van der Waals surface area (Å²) in [6.45, 7) is 0. The second-order valence-electron chi connectivity index (χ2n) is 5.19. The molecule has 0 fully saturated rings. The Morgan fingerprint density at radius 3 is 0.774 bits per heavy atom. The van der Waals surface area contributed by atoms with Crippen LogP contribution in [0.2, 0.25) is 0 Å². The third-order valence-corrected chi connectivity index (χ3v) is 3.24. The van der Waals surface area contributed by atoms with Crippen molar-refractivity contribution in [2.24, 2.45) is 0 Å². The number of carbonyl (C=O) groups is 2. The molecule has 2 rings (SSSR count). The van der Waals surface area contributed by atoms with Crippen molar-refractivity contribution in [2.45, 2.75) is 12.8 Å². The Balaban J connectivity index is 0.000000562. The first-order valence-electron chi connectivity index (χ1n) is 7.12. The van der Waals surface area contributed by atoms with Crippen LogP contribution >= 0.6 is 0 Å². The zero-order valence-corrected chi connectivity index (χ0v) is 15.9. The molecule has 2 aromatic carbocycles. The summed E-state index contributed by atoms with van der Waals surface area (Å²) in [6.07, 6.45) is -2.77. The largest absolute Gasteiger partial charge is 2.00 e. The van der Waals surface area contributed by atoms with Gasteiger partial charge in [0.1, 0.15) is 0 Å². The standard InChI is InChI=1S/2C8H3F5O2.Mg/c2*9-4-2(1-3(14)15)5(10)7(12)8(13)6(4)11;/h2*1H2,(H,14,15);/q;;+2/p-2. The normalized spacial score (nSPS) is 10.1. The number of hydrogen-bond acceptors (Lipinski definition) is 4. The van der Waals surface area contributed by atoms with E-state index in [0.717, 1.165) is 0 Å². The molecule has 0 radical (unpaired) electrons. The molecule has 31 heavy (non-hydrogen) atoms. The first kappa shape index (κ1) is 28.4. The van der Waals surface area contributed by atoms with Crippen molar-refractivity contribution in [3.8, 4) is 0 Å². The van der Waals surface area contributed by atoms with E-state index >= 15 is 0 Å². The molecule has 15 heteroatoms. The van der Waals surface area contributed by atoms with Gasteiger partial charge >= 0.3 is 23.1 Å². The Kier molecular flexibility index (Phi) is 10.3. The fourth-order valence-corrected chi connectivity index (χ4v) is 1.90. The van der Waals surface area contributed by atoms with Crippen molar-refractivity contribution in [1.29, 1.82) is 0 Å². The van der Waals surface area contributed by atoms with Crippen LogP contribution in [0.25, 0.3) is 0 Å². The number of carbonyl (C=O) groups excluding carboxylic acids is 2. The van der Waals surface area contributed by atoms with Gasteiger partial charge in [0.25, 0.3) is 0 Å². The van der Waals surface area contributed by atoms with Crippen molar-refractivity contribution in [3.63, 3.8) is 0 Å². The van der Waals surface area contributed by atoms with Crippen molar-refractivity contribution in [2.75, 3.05) is 0 Å². The van der Waals surface area contributed by atoms with Crippen LogP contribution in [-0.4, -0.2) is 35.0 Å². The molecule has 0 aliphatic rings. The van der Waals surface area contributed by atoms with E-state index in [1.807, 2.05) is 0 Å². The molecule has 0 atom stereocenters. The Morgan fingerprint density at radius 2 is 0.613 bits per heavy atom. The van der Waals surface area contributed by atoms with Gasteiger partial charge in [0, 0.05) is 35.9 Å². The van der Waals surface area contributed by atoms with E-state index in [1.165, 1.54) is 0 Å². The number of aliphatic carboxylic acids is 2. The Hall–Kier alpha value is -2.55. The van der Waals surface area contributed by atoms with Gasteiger partial charge in [-0.3, -0.25) is 0 Å². The Bertz CT molecular complexity index is 889. The third kappa shape index (κ3) is 6.22. The summed E-state index contributed by atoms with van der Waals surface area (Å²) in [5.74, 6) is -25.9. The minimum absolute atomic E-state index is 0. The number of hydrogen-bond donors (Lipinski definition) is 0. The van der Waals surface area contributed by atoms with Crippen LogP contribution in [0.15, 0.2) is 0 Å². The van der Waals surface area contributed by atoms with Gasteiger partial charge in [-0.2, -0.15) is 0 Å². The molecule has 164 valence electrons. The number of halogens is 10. The van der Waals surface area contributed by atoms with E-state index in [0.29, 0.717) is 0 Å². The molecule has 0 aromatic heterocycles. The van der Waals surface area contributed by atoms with Crippen LogP contribution in [0.4, 0.5) is 43.9 Å². The summed E-state index contributed by atoms with van der Waals surface area (Å²) < 4.78 is 126. The van der Waals surface area contributed by atoms with Crippen molar-refractivity contribution in [1.82, 2.24) is 0 Å². The molecular weight excluding hydrogens is 470 g/mol. The summed E-state index contributed by atoms with van der Waals surface area (Å²) in [5.41, 5.74) is -2.82. The number of carboxylic acids is 2. The van der Waals surface area contributed by atoms with Gasteiger partial charge < -0.3 is 19.8 Å². The summed E-state index contributed by atoms with van der Waals surface area (Å²) >= 11 is 0. The third-order valence-electron chi connectivity index (χ3n) is 3.24. The fourth-order valence-electron chi connectivity index (χ4n) is 1.90. The van der Waals surface area contributed by atoms with Gasteiger partial charge in [-0.15, -0.1) is 0 Å². The van der Waals surface area contributed by atoms with Gasteiger partial charge in [-0.1, -0.05) is 0 Å². The summed E-state index contributed by atoms with van der Waals surface area (Å²) in [5, 5.41) is 20.0. The van der Waals surface area contributed by atoms with Gasteiger partial charge in [0.15, 0.2) is 46.5 Å². The fraction of sp³-hybridized carbons (Fsp3) is 0.125. The van der Waals surface area contributed by atoms with Gasteiger partial charge in [-0.05, 0) is 0 Å². The maximum absolute atomic E-state index is 12.8.